The van der Waals surface area contributed by atoms with Crippen LogP contribution in [0.1, 0.15) is 25.2 Å². The van der Waals surface area contributed by atoms with Gasteiger partial charge in [0.15, 0.2) is 24.0 Å². The number of ether oxygens (including phenoxy) is 3. The number of carboxylic acid groups (broad SMARTS) is 1. The SMILES string of the molecule is Cc1cc(OCc2nc(-c3cc4cc(Cl)ccc4o3)n(-c3ccc(OC(C)C)cc3)n2)ccc1OCC(=O)O. The van der Waals surface area contributed by atoms with Gasteiger partial charge in [0, 0.05) is 10.4 Å². The van der Waals surface area contributed by atoms with Crippen molar-refractivity contribution in [1.82, 2.24) is 14.8 Å². The van der Waals surface area contributed by atoms with Gasteiger partial charge in [0.1, 0.15) is 29.4 Å². The van der Waals surface area contributed by atoms with E-state index >= 15 is 0 Å². The van der Waals surface area contributed by atoms with E-state index in [0.29, 0.717) is 39.5 Å². The Kier molecular flexibility index (Phi) is 7.42. The number of rotatable bonds is 10. The Balaban J connectivity index is 1.44. The Morgan fingerprint density at radius 3 is 2.51 bits per heavy atom. The highest BCUT2D eigenvalue weighted by atomic mass is 35.5. The van der Waals surface area contributed by atoms with Crippen LogP contribution in [0.5, 0.6) is 17.2 Å². The number of hydrogen-bond acceptors (Lipinski definition) is 7. The summed E-state index contributed by atoms with van der Waals surface area (Å²) >= 11 is 6.17. The van der Waals surface area contributed by atoms with E-state index in [2.05, 4.69) is 0 Å². The van der Waals surface area contributed by atoms with Gasteiger partial charge in [-0.15, -0.1) is 5.10 Å². The zero-order valence-corrected chi connectivity index (χ0v) is 22.3. The zero-order valence-electron chi connectivity index (χ0n) is 21.6. The minimum Gasteiger partial charge on any atom is -0.491 e. The molecule has 9 nitrogen and oxygen atoms in total. The maximum absolute atomic E-state index is 10.8. The number of carboxylic acids is 1. The van der Waals surface area contributed by atoms with Crippen molar-refractivity contribution in [1.29, 1.82) is 0 Å². The third-order valence-corrected chi connectivity index (χ3v) is 5.90. The first-order valence-electron chi connectivity index (χ1n) is 12.3. The van der Waals surface area contributed by atoms with Crippen LogP contribution in [0.4, 0.5) is 0 Å². The number of aliphatic carboxylic acids is 1. The van der Waals surface area contributed by atoms with Gasteiger partial charge in [0.2, 0.25) is 0 Å². The molecule has 1 N–H and O–H groups in total. The molecule has 200 valence electrons. The first kappa shape index (κ1) is 26.1. The van der Waals surface area contributed by atoms with Gasteiger partial charge >= 0.3 is 5.97 Å². The molecule has 3 aromatic carbocycles. The van der Waals surface area contributed by atoms with E-state index in [1.165, 1.54) is 0 Å². The zero-order chi connectivity index (χ0) is 27.5. The molecule has 0 spiro atoms. The molecule has 0 bridgehead atoms. The van der Waals surface area contributed by atoms with E-state index in [0.717, 1.165) is 22.4 Å². The number of halogens is 1. The number of benzene rings is 3. The molecule has 2 heterocycles. The van der Waals surface area contributed by atoms with Gasteiger partial charge in [-0.05, 0) is 93.1 Å². The molecule has 0 saturated carbocycles. The molecule has 0 amide bonds. The van der Waals surface area contributed by atoms with E-state index in [1.807, 2.05) is 63.2 Å². The number of hydrogen-bond donors (Lipinski definition) is 1. The van der Waals surface area contributed by atoms with Crippen molar-refractivity contribution < 1.29 is 28.5 Å². The van der Waals surface area contributed by atoms with Crippen molar-refractivity contribution in [2.45, 2.75) is 33.5 Å². The second kappa shape index (κ2) is 11.1. The molecule has 0 fully saturated rings. The molecule has 0 aliphatic heterocycles. The van der Waals surface area contributed by atoms with Gasteiger partial charge in [0.05, 0.1) is 11.8 Å². The number of nitrogens with zero attached hydrogens (tertiary/aromatic N) is 3. The minimum absolute atomic E-state index is 0.0605. The fourth-order valence-electron chi connectivity index (χ4n) is 3.98. The number of furan rings is 1. The fourth-order valence-corrected chi connectivity index (χ4v) is 4.16. The van der Waals surface area contributed by atoms with Gasteiger partial charge in [-0.2, -0.15) is 0 Å². The third kappa shape index (κ3) is 6.15. The predicted molar refractivity (Wildman–Crippen MR) is 146 cm³/mol. The molecule has 39 heavy (non-hydrogen) atoms. The molecule has 5 aromatic rings. The second-order valence-corrected chi connectivity index (χ2v) is 9.55. The van der Waals surface area contributed by atoms with E-state index in [1.54, 1.807) is 28.9 Å². The highest BCUT2D eigenvalue weighted by molar-refractivity contribution is 6.31. The average Bonchev–Trinajstić information content (AvgIpc) is 3.51. The summed E-state index contributed by atoms with van der Waals surface area (Å²) in [6.45, 7) is 5.44. The smallest absolute Gasteiger partial charge is 0.341 e. The van der Waals surface area contributed by atoms with Crippen LogP contribution >= 0.6 is 11.6 Å². The summed E-state index contributed by atoms with van der Waals surface area (Å²) < 4.78 is 24.8. The quantitative estimate of drug-likeness (QED) is 0.212. The van der Waals surface area contributed by atoms with Gasteiger partial charge in [-0.1, -0.05) is 11.6 Å². The number of carbonyl (C=O) groups is 1. The van der Waals surface area contributed by atoms with E-state index in [9.17, 15) is 4.79 Å². The molecular weight excluding hydrogens is 522 g/mol. The van der Waals surface area contributed by atoms with Crippen molar-refractivity contribution in [3.63, 3.8) is 0 Å². The Hall–Kier alpha value is -4.50. The van der Waals surface area contributed by atoms with Crippen molar-refractivity contribution in [2.75, 3.05) is 6.61 Å². The summed E-state index contributed by atoms with van der Waals surface area (Å²) in [6.07, 6.45) is 0.0605. The van der Waals surface area contributed by atoms with E-state index in [4.69, 9.17) is 45.4 Å². The van der Waals surface area contributed by atoms with Crippen molar-refractivity contribution >= 4 is 28.5 Å². The molecule has 0 unspecified atom stereocenters. The maximum Gasteiger partial charge on any atom is 0.341 e. The number of aromatic nitrogens is 3. The molecule has 0 aliphatic carbocycles. The summed E-state index contributed by atoms with van der Waals surface area (Å²) in [5.41, 5.74) is 2.20. The summed E-state index contributed by atoms with van der Waals surface area (Å²) in [5, 5.41) is 15.0. The Labute approximate surface area is 229 Å². The number of fused-ring (bicyclic) bond motifs is 1. The summed E-state index contributed by atoms with van der Waals surface area (Å²) in [4.78, 5) is 15.5. The van der Waals surface area contributed by atoms with E-state index < -0.39 is 12.6 Å². The van der Waals surface area contributed by atoms with E-state index in [-0.39, 0.29) is 12.7 Å². The molecule has 0 atom stereocenters. The normalized spacial score (nSPS) is 11.2. The lowest BCUT2D eigenvalue weighted by Gasteiger charge is -2.10. The van der Waals surface area contributed by atoms with Crippen molar-refractivity contribution in [3.8, 4) is 34.5 Å². The summed E-state index contributed by atoms with van der Waals surface area (Å²) in [6, 6.07) is 20.0. The van der Waals surface area contributed by atoms with Crippen LogP contribution in [0, 0.1) is 6.92 Å². The summed E-state index contributed by atoms with van der Waals surface area (Å²) in [5.74, 6) is 2.24. The monoisotopic (exact) mass is 547 g/mol. The van der Waals surface area contributed by atoms with Crippen LogP contribution in [-0.2, 0) is 11.4 Å². The molecule has 10 heteroatoms. The Morgan fingerprint density at radius 1 is 1.03 bits per heavy atom. The maximum atomic E-state index is 10.8. The largest absolute Gasteiger partial charge is 0.491 e. The molecule has 0 radical (unpaired) electrons. The third-order valence-electron chi connectivity index (χ3n) is 5.67. The first-order chi connectivity index (χ1) is 18.7. The highest BCUT2D eigenvalue weighted by Crippen LogP contribution is 2.31. The van der Waals surface area contributed by atoms with Crippen molar-refractivity contribution in [2.24, 2.45) is 0 Å². The van der Waals surface area contributed by atoms with Crippen LogP contribution in [0.25, 0.3) is 28.2 Å². The van der Waals surface area contributed by atoms with Crippen LogP contribution in [-0.4, -0.2) is 38.6 Å². The summed E-state index contributed by atoms with van der Waals surface area (Å²) in [7, 11) is 0. The van der Waals surface area contributed by atoms with Crippen molar-refractivity contribution in [3.05, 3.63) is 83.1 Å². The van der Waals surface area contributed by atoms with Gasteiger partial charge < -0.3 is 23.7 Å². The molecule has 2 aromatic heterocycles. The standard InChI is InChI=1S/C29H26ClN3O6/c1-17(2)38-22-7-5-21(6-8-22)33-29(26-14-19-13-20(30)4-10-25(19)39-26)31-27(32-33)15-36-23-9-11-24(18(3)12-23)37-16-28(34)35/h4-14,17H,15-16H2,1-3H3,(H,34,35). The minimum atomic E-state index is -1.04. The Morgan fingerprint density at radius 2 is 1.79 bits per heavy atom. The molecule has 0 aliphatic rings. The lowest BCUT2D eigenvalue weighted by atomic mass is 10.2. The van der Waals surface area contributed by atoms with Crippen LogP contribution < -0.4 is 14.2 Å². The van der Waals surface area contributed by atoms with Gasteiger partial charge in [-0.25, -0.2) is 14.5 Å². The molecule has 5 rings (SSSR count). The van der Waals surface area contributed by atoms with Crippen LogP contribution in [0.2, 0.25) is 5.02 Å². The molecular formula is C29H26ClN3O6. The lowest BCUT2D eigenvalue weighted by Crippen LogP contribution is -2.10. The number of aryl methyl sites for hydroxylation is 1. The Bertz CT molecular complexity index is 1620. The van der Waals surface area contributed by atoms with Gasteiger partial charge in [-0.3, -0.25) is 0 Å². The predicted octanol–water partition coefficient (Wildman–Crippen LogP) is 6.47. The topological polar surface area (TPSA) is 109 Å². The average molecular weight is 548 g/mol. The fraction of sp³-hybridized carbons (Fsp3) is 0.207. The lowest BCUT2D eigenvalue weighted by molar-refractivity contribution is -0.139. The highest BCUT2D eigenvalue weighted by Gasteiger charge is 2.19. The second-order valence-electron chi connectivity index (χ2n) is 9.12. The van der Waals surface area contributed by atoms with Crippen LogP contribution in [0.3, 0.4) is 0 Å². The first-order valence-corrected chi connectivity index (χ1v) is 12.6. The van der Waals surface area contributed by atoms with Gasteiger partial charge in [0.25, 0.3) is 0 Å². The van der Waals surface area contributed by atoms with Crippen LogP contribution in [0.15, 0.2) is 71.1 Å². The molecule has 0 saturated heterocycles.